The van der Waals surface area contributed by atoms with Crippen LogP contribution in [-0.4, -0.2) is 16.8 Å². The Morgan fingerprint density at radius 1 is 0.795 bits per heavy atom. The minimum Gasteiger partial charge on any atom is -0.322 e. The lowest BCUT2D eigenvalue weighted by molar-refractivity contribution is -0.115. The predicted molar refractivity (Wildman–Crippen MR) is 162 cm³/mol. The second-order valence-corrected chi connectivity index (χ2v) is 11.2. The van der Waals surface area contributed by atoms with Gasteiger partial charge in [-0.2, -0.15) is 0 Å². The molecule has 0 aliphatic heterocycles. The molecule has 1 heterocycles. The minimum atomic E-state index is -0.513. The van der Waals surface area contributed by atoms with Crippen LogP contribution in [0.1, 0.15) is 32.3 Å². The van der Waals surface area contributed by atoms with E-state index in [0.29, 0.717) is 16.4 Å². The molecule has 5 nitrogen and oxygen atoms in total. The van der Waals surface area contributed by atoms with E-state index in [1.807, 2.05) is 122 Å². The van der Waals surface area contributed by atoms with Crippen molar-refractivity contribution in [3.05, 3.63) is 131 Å². The van der Waals surface area contributed by atoms with Gasteiger partial charge in [0.2, 0.25) is 5.91 Å². The molecule has 2 N–H and O–H groups in total. The van der Waals surface area contributed by atoms with Crippen LogP contribution >= 0.6 is 23.1 Å². The third kappa shape index (κ3) is 6.82. The van der Waals surface area contributed by atoms with Crippen LogP contribution in [0.25, 0.3) is 11.3 Å². The highest BCUT2D eigenvalue weighted by atomic mass is 32.2. The molecule has 7 heteroatoms. The van der Waals surface area contributed by atoms with E-state index < -0.39 is 5.25 Å². The van der Waals surface area contributed by atoms with Gasteiger partial charge < -0.3 is 10.6 Å². The van der Waals surface area contributed by atoms with Crippen molar-refractivity contribution in [2.45, 2.75) is 24.0 Å². The number of nitrogens with one attached hydrogen (secondary N) is 2. The predicted octanol–water partition coefficient (Wildman–Crippen LogP) is 8.15. The van der Waals surface area contributed by atoms with Gasteiger partial charge in [-0.1, -0.05) is 83.9 Å². The third-order valence-corrected chi connectivity index (χ3v) is 8.09. The molecule has 5 rings (SSSR count). The summed E-state index contributed by atoms with van der Waals surface area (Å²) in [6.07, 6.45) is 0. The van der Waals surface area contributed by atoms with Crippen molar-refractivity contribution in [1.29, 1.82) is 0 Å². The molecule has 194 valence electrons. The summed E-state index contributed by atoms with van der Waals surface area (Å²) < 4.78 is 0. The molecule has 4 aromatic carbocycles. The van der Waals surface area contributed by atoms with Crippen molar-refractivity contribution in [2.24, 2.45) is 0 Å². The highest BCUT2D eigenvalue weighted by molar-refractivity contribution is 8.00. The first-order chi connectivity index (χ1) is 18.9. The molecule has 0 fully saturated rings. The lowest BCUT2D eigenvalue weighted by Crippen LogP contribution is -2.19. The number of amides is 2. The van der Waals surface area contributed by atoms with Crippen molar-refractivity contribution in [3.8, 4) is 11.3 Å². The number of aryl methyl sites for hydroxylation is 2. The van der Waals surface area contributed by atoms with E-state index in [1.165, 1.54) is 28.7 Å². The molecular weight excluding hydrogens is 523 g/mol. The quantitative estimate of drug-likeness (QED) is 0.192. The molecule has 0 radical (unpaired) electrons. The number of anilines is 2. The first-order valence-corrected chi connectivity index (χ1v) is 14.2. The number of nitrogens with zero attached hydrogens (tertiary/aromatic N) is 1. The molecule has 39 heavy (non-hydrogen) atoms. The lowest BCUT2D eigenvalue weighted by atomic mass is 10.1. The Kier molecular flexibility index (Phi) is 8.20. The molecule has 5 aromatic rings. The molecule has 1 atom stereocenters. The van der Waals surface area contributed by atoms with Gasteiger partial charge in [0.15, 0.2) is 5.13 Å². The average Bonchev–Trinajstić information content (AvgIpc) is 3.41. The summed E-state index contributed by atoms with van der Waals surface area (Å²) in [7, 11) is 0. The van der Waals surface area contributed by atoms with Crippen LogP contribution in [0.4, 0.5) is 10.8 Å². The molecular formula is C32H27N3O2S2. The topological polar surface area (TPSA) is 71.1 Å². The number of carbonyl (C=O) groups is 2. The fourth-order valence-electron chi connectivity index (χ4n) is 3.95. The second-order valence-electron chi connectivity index (χ2n) is 9.15. The Balaban J connectivity index is 1.33. The lowest BCUT2D eigenvalue weighted by Gasteiger charge is -2.17. The zero-order valence-corrected chi connectivity index (χ0v) is 23.2. The van der Waals surface area contributed by atoms with Crippen molar-refractivity contribution >= 4 is 45.7 Å². The number of hydrogen-bond acceptors (Lipinski definition) is 5. The van der Waals surface area contributed by atoms with Crippen LogP contribution in [0, 0.1) is 13.8 Å². The number of thioether (sulfide) groups is 1. The molecule has 1 unspecified atom stereocenters. The minimum absolute atomic E-state index is 0.162. The maximum Gasteiger partial charge on any atom is 0.255 e. The van der Waals surface area contributed by atoms with Crippen molar-refractivity contribution in [2.75, 3.05) is 10.6 Å². The Hall–Kier alpha value is -4.20. The van der Waals surface area contributed by atoms with E-state index >= 15 is 0 Å². The van der Waals surface area contributed by atoms with Gasteiger partial charge >= 0.3 is 0 Å². The van der Waals surface area contributed by atoms with E-state index in [0.717, 1.165) is 27.3 Å². The molecule has 2 amide bonds. The zero-order chi connectivity index (χ0) is 27.2. The van der Waals surface area contributed by atoms with E-state index in [9.17, 15) is 9.59 Å². The van der Waals surface area contributed by atoms with E-state index in [4.69, 9.17) is 0 Å². The first kappa shape index (κ1) is 26.4. The first-order valence-electron chi connectivity index (χ1n) is 12.5. The van der Waals surface area contributed by atoms with Crippen molar-refractivity contribution in [3.63, 3.8) is 0 Å². The smallest absolute Gasteiger partial charge is 0.255 e. The maximum atomic E-state index is 13.5. The highest BCUT2D eigenvalue weighted by Gasteiger charge is 2.23. The SMILES string of the molecule is Cc1ccc(C(=O)Nc2cccc(SC(C(=O)Nc3nc(-c4ccc(C)cc4)cs3)c3ccccc3)c2)cc1. The zero-order valence-electron chi connectivity index (χ0n) is 21.5. The molecule has 0 aliphatic rings. The van der Waals surface area contributed by atoms with E-state index in [-0.39, 0.29) is 11.8 Å². The largest absolute Gasteiger partial charge is 0.322 e. The summed E-state index contributed by atoms with van der Waals surface area (Å²) in [6.45, 7) is 4.03. The maximum absolute atomic E-state index is 13.5. The van der Waals surface area contributed by atoms with Gasteiger partial charge in [-0.05, 0) is 49.7 Å². The molecule has 0 spiro atoms. The molecule has 0 aliphatic carbocycles. The van der Waals surface area contributed by atoms with E-state index in [1.54, 1.807) is 0 Å². The Bertz CT molecular complexity index is 1580. The average molecular weight is 550 g/mol. The summed E-state index contributed by atoms with van der Waals surface area (Å²) in [5.74, 6) is -0.340. The van der Waals surface area contributed by atoms with Gasteiger partial charge in [0.05, 0.1) is 5.69 Å². The number of carbonyl (C=O) groups excluding carboxylic acids is 2. The third-order valence-electron chi connectivity index (χ3n) is 6.08. The van der Waals surface area contributed by atoms with Crippen LogP contribution in [-0.2, 0) is 4.79 Å². The van der Waals surface area contributed by atoms with Crippen LogP contribution in [0.3, 0.4) is 0 Å². The Morgan fingerprint density at radius 2 is 1.49 bits per heavy atom. The molecule has 0 bridgehead atoms. The fourth-order valence-corrected chi connectivity index (χ4v) is 5.76. The summed E-state index contributed by atoms with van der Waals surface area (Å²) >= 11 is 2.83. The standard InChI is InChI=1S/C32H27N3O2S2/c1-21-11-15-23(16-12-21)28-20-38-32(34-28)35-31(37)29(24-7-4-3-5-8-24)39-27-10-6-9-26(19-27)33-30(36)25-17-13-22(2)14-18-25/h3-20,29H,1-2H3,(H,33,36)(H,34,35,37). The van der Waals surface area contributed by atoms with Crippen LogP contribution in [0.2, 0.25) is 0 Å². The molecule has 1 aromatic heterocycles. The second kappa shape index (κ2) is 12.1. The fraction of sp³-hybridized carbons (Fsp3) is 0.0938. The van der Waals surface area contributed by atoms with Gasteiger partial charge in [-0.25, -0.2) is 4.98 Å². The summed E-state index contributed by atoms with van der Waals surface area (Å²) in [5.41, 5.74) is 6.26. The van der Waals surface area contributed by atoms with Crippen molar-refractivity contribution in [1.82, 2.24) is 4.98 Å². The Morgan fingerprint density at radius 3 is 2.21 bits per heavy atom. The van der Waals surface area contributed by atoms with Crippen molar-refractivity contribution < 1.29 is 9.59 Å². The van der Waals surface area contributed by atoms with Crippen LogP contribution in [0.15, 0.2) is 113 Å². The number of rotatable bonds is 8. The summed E-state index contributed by atoms with van der Waals surface area (Å²) in [5, 5.41) is 7.96. The highest BCUT2D eigenvalue weighted by Crippen LogP contribution is 2.37. The molecule has 0 saturated carbocycles. The van der Waals surface area contributed by atoms with Gasteiger partial charge in [0, 0.05) is 27.1 Å². The summed E-state index contributed by atoms with van der Waals surface area (Å²) in [6, 6.07) is 32.8. The van der Waals surface area contributed by atoms with Gasteiger partial charge in [-0.15, -0.1) is 23.1 Å². The van der Waals surface area contributed by atoms with Gasteiger partial charge in [-0.3, -0.25) is 9.59 Å². The van der Waals surface area contributed by atoms with Crippen LogP contribution < -0.4 is 10.6 Å². The number of aromatic nitrogens is 1. The Labute approximate surface area is 236 Å². The van der Waals surface area contributed by atoms with E-state index in [2.05, 4.69) is 15.6 Å². The molecule has 0 saturated heterocycles. The summed E-state index contributed by atoms with van der Waals surface area (Å²) in [4.78, 5) is 31.8. The number of benzene rings is 4. The van der Waals surface area contributed by atoms with Crippen LogP contribution in [0.5, 0.6) is 0 Å². The monoisotopic (exact) mass is 549 g/mol. The number of hydrogen-bond donors (Lipinski definition) is 2. The van der Waals surface area contributed by atoms with Gasteiger partial charge in [0.25, 0.3) is 5.91 Å². The normalized spacial score (nSPS) is 11.5. The number of thiazole rings is 1. The van der Waals surface area contributed by atoms with Gasteiger partial charge in [0.1, 0.15) is 5.25 Å².